The first kappa shape index (κ1) is 18.5. The van der Waals surface area contributed by atoms with Crippen molar-refractivity contribution in [2.75, 3.05) is 12.9 Å². The fraction of sp³-hybridized carbons (Fsp3) is 0.467. The first-order valence-electron chi connectivity index (χ1n) is 6.57. The molecule has 0 N–H and O–H groups in total. The summed E-state index contributed by atoms with van der Waals surface area (Å²) < 4.78 is 43.1. The molecule has 0 bridgehead atoms. The van der Waals surface area contributed by atoms with E-state index >= 15 is 0 Å². The van der Waals surface area contributed by atoms with Gasteiger partial charge in [0.05, 0.1) is 6.61 Å². The molecule has 0 radical (unpaired) electrons. The second-order valence-corrected chi connectivity index (χ2v) is 5.78. The van der Waals surface area contributed by atoms with Crippen LogP contribution in [0.15, 0.2) is 29.2 Å². The van der Waals surface area contributed by atoms with Gasteiger partial charge >= 0.3 is 12.1 Å². The molecule has 1 rings (SSSR count). The van der Waals surface area contributed by atoms with Crippen molar-refractivity contribution in [2.24, 2.45) is 5.41 Å². The van der Waals surface area contributed by atoms with Gasteiger partial charge < -0.3 is 4.74 Å². The Morgan fingerprint density at radius 1 is 1.18 bits per heavy atom. The van der Waals surface area contributed by atoms with Crippen LogP contribution in [0.5, 0.6) is 0 Å². The third-order valence-corrected chi connectivity index (χ3v) is 3.94. The first-order valence-corrected chi connectivity index (χ1v) is 7.79. The Hall–Kier alpha value is -1.50. The minimum Gasteiger partial charge on any atom is -0.465 e. The molecule has 1 unspecified atom stereocenters. The van der Waals surface area contributed by atoms with Crippen LogP contribution in [0.3, 0.4) is 0 Å². The molecular formula is C15H17F3O3S. The number of halogens is 3. The molecule has 0 spiro atoms. The molecule has 0 heterocycles. The summed E-state index contributed by atoms with van der Waals surface area (Å²) in [6.45, 7) is 2.36. The smallest absolute Gasteiger partial charge is 0.451 e. The number of hydrogen-bond acceptors (Lipinski definition) is 4. The Kier molecular flexibility index (Phi) is 6.05. The molecule has 0 aliphatic rings. The number of esters is 1. The number of Topliss-reactive ketones (excluding diaryl/α,β-unsaturated/α-hetero) is 1. The highest BCUT2D eigenvalue weighted by Crippen LogP contribution is 2.34. The number of thioether (sulfide) groups is 1. The number of hydrogen-bond donors (Lipinski definition) is 0. The average Bonchev–Trinajstić information content (AvgIpc) is 2.46. The standard InChI is InChI=1S/C15H17F3O3S/c1-4-21-13(20)14(2,12(19)15(16,17)18)9-10-5-7-11(22-3)8-6-10/h5-8H,4,9H2,1-3H3. The molecule has 0 amide bonds. The SMILES string of the molecule is CCOC(=O)C(C)(Cc1ccc(SC)cc1)C(=O)C(F)(F)F. The van der Waals surface area contributed by atoms with Crippen LogP contribution in [0.2, 0.25) is 0 Å². The van der Waals surface area contributed by atoms with Crippen LogP contribution in [0.4, 0.5) is 13.2 Å². The van der Waals surface area contributed by atoms with Crippen molar-refractivity contribution < 1.29 is 27.5 Å². The summed E-state index contributed by atoms with van der Waals surface area (Å²) in [5, 5.41) is 0. The van der Waals surface area contributed by atoms with Gasteiger partial charge in [0.1, 0.15) is 5.41 Å². The van der Waals surface area contributed by atoms with E-state index in [1.165, 1.54) is 18.7 Å². The number of rotatable bonds is 6. The maximum atomic E-state index is 12.8. The minimum absolute atomic E-state index is 0.0923. The van der Waals surface area contributed by atoms with Crippen LogP contribution < -0.4 is 0 Å². The summed E-state index contributed by atoms with van der Waals surface area (Å²) in [5.41, 5.74) is -1.82. The summed E-state index contributed by atoms with van der Waals surface area (Å²) in [5.74, 6) is -3.25. The van der Waals surface area contributed by atoms with Crippen molar-refractivity contribution in [1.29, 1.82) is 0 Å². The van der Waals surface area contributed by atoms with E-state index in [2.05, 4.69) is 4.74 Å². The molecule has 0 aromatic heterocycles. The highest BCUT2D eigenvalue weighted by atomic mass is 32.2. The minimum atomic E-state index is -5.10. The topological polar surface area (TPSA) is 43.4 Å². The average molecular weight is 334 g/mol. The fourth-order valence-electron chi connectivity index (χ4n) is 2.00. The lowest BCUT2D eigenvalue weighted by atomic mass is 9.79. The molecule has 7 heteroatoms. The monoisotopic (exact) mass is 334 g/mol. The molecule has 0 saturated carbocycles. The largest absolute Gasteiger partial charge is 0.465 e. The Bertz CT molecular complexity index is 540. The van der Waals surface area contributed by atoms with E-state index < -0.39 is 23.3 Å². The Morgan fingerprint density at radius 3 is 2.14 bits per heavy atom. The van der Waals surface area contributed by atoms with Gasteiger partial charge in [0, 0.05) is 4.90 Å². The van der Waals surface area contributed by atoms with Gasteiger partial charge in [-0.25, -0.2) is 0 Å². The van der Waals surface area contributed by atoms with Gasteiger partial charge in [0.15, 0.2) is 0 Å². The predicted molar refractivity (Wildman–Crippen MR) is 77.7 cm³/mol. The van der Waals surface area contributed by atoms with Crippen molar-refractivity contribution >= 4 is 23.5 Å². The quantitative estimate of drug-likeness (QED) is 0.452. The zero-order valence-corrected chi connectivity index (χ0v) is 13.3. The van der Waals surface area contributed by atoms with Crippen molar-refractivity contribution in [3.63, 3.8) is 0 Å². The highest BCUT2D eigenvalue weighted by molar-refractivity contribution is 7.98. The van der Waals surface area contributed by atoms with E-state index in [4.69, 9.17) is 0 Å². The maximum Gasteiger partial charge on any atom is 0.451 e. The summed E-state index contributed by atoms with van der Waals surface area (Å²) in [4.78, 5) is 24.6. The van der Waals surface area contributed by atoms with Crippen LogP contribution in [0.25, 0.3) is 0 Å². The molecule has 1 aromatic rings. The number of ether oxygens (including phenoxy) is 1. The molecule has 1 aromatic carbocycles. The Morgan fingerprint density at radius 2 is 1.73 bits per heavy atom. The van der Waals surface area contributed by atoms with Crippen LogP contribution in [-0.2, 0) is 20.7 Å². The number of alkyl halides is 3. The van der Waals surface area contributed by atoms with Crippen molar-refractivity contribution in [3.05, 3.63) is 29.8 Å². The third kappa shape index (κ3) is 4.25. The fourth-order valence-corrected chi connectivity index (χ4v) is 2.41. The van der Waals surface area contributed by atoms with Crippen LogP contribution >= 0.6 is 11.8 Å². The number of ketones is 1. The van der Waals surface area contributed by atoms with Gasteiger partial charge in [0.2, 0.25) is 0 Å². The molecule has 0 aliphatic heterocycles. The van der Waals surface area contributed by atoms with E-state index in [9.17, 15) is 22.8 Å². The molecule has 0 saturated heterocycles. The molecule has 0 fully saturated rings. The molecule has 22 heavy (non-hydrogen) atoms. The highest BCUT2D eigenvalue weighted by Gasteiger charge is 2.55. The van der Waals surface area contributed by atoms with Gasteiger partial charge in [-0.15, -0.1) is 11.8 Å². The van der Waals surface area contributed by atoms with E-state index in [0.29, 0.717) is 5.56 Å². The zero-order chi connectivity index (χ0) is 17.0. The molecule has 0 aliphatic carbocycles. The lowest BCUT2D eigenvalue weighted by molar-refractivity contribution is -0.188. The summed E-state index contributed by atoms with van der Waals surface area (Å²) in [6, 6.07) is 6.66. The maximum absolute atomic E-state index is 12.8. The number of carbonyl (C=O) groups excluding carboxylic acids is 2. The van der Waals surface area contributed by atoms with Gasteiger partial charge in [-0.2, -0.15) is 13.2 Å². The zero-order valence-electron chi connectivity index (χ0n) is 12.5. The van der Waals surface area contributed by atoms with E-state index in [0.717, 1.165) is 11.8 Å². The van der Waals surface area contributed by atoms with Crippen LogP contribution in [0.1, 0.15) is 19.4 Å². The van der Waals surface area contributed by atoms with E-state index in [-0.39, 0.29) is 13.0 Å². The van der Waals surface area contributed by atoms with E-state index in [1.54, 1.807) is 24.3 Å². The first-order chi connectivity index (χ1) is 10.1. The predicted octanol–water partition coefficient (Wildman–Crippen LogP) is 3.65. The number of carbonyl (C=O) groups is 2. The second kappa shape index (κ2) is 7.17. The lowest BCUT2D eigenvalue weighted by Gasteiger charge is -2.26. The van der Waals surface area contributed by atoms with Crippen LogP contribution in [-0.4, -0.2) is 30.8 Å². The van der Waals surface area contributed by atoms with Gasteiger partial charge in [-0.3, -0.25) is 9.59 Å². The lowest BCUT2D eigenvalue weighted by Crippen LogP contribution is -2.47. The van der Waals surface area contributed by atoms with Gasteiger partial charge in [0.25, 0.3) is 5.78 Å². The molecule has 122 valence electrons. The van der Waals surface area contributed by atoms with Crippen molar-refractivity contribution in [3.8, 4) is 0 Å². The van der Waals surface area contributed by atoms with Gasteiger partial charge in [-0.05, 0) is 44.2 Å². The van der Waals surface area contributed by atoms with Crippen LogP contribution in [0, 0.1) is 5.41 Å². The van der Waals surface area contributed by atoms with Crippen molar-refractivity contribution in [2.45, 2.75) is 31.3 Å². The molecule has 1 atom stereocenters. The molecule has 3 nitrogen and oxygen atoms in total. The van der Waals surface area contributed by atoms with E-state index in [1.807, 2.05) is 6.26 Å². The molecular weight excluding hydrogens is 317 g/mol. The van der Waals surface area contributed by atoms with Gasteiger partial charge in [-0.1, -0.05) is 12.1 Å². The Balaban J connectivity index is 3.14. The number of benzene rings is 1. The summed E-state index contributed by atoms with van der Waals surface area (Å²) >= 11 is 1.48. The summed E-state index contributed by atoms with van der Waals surface area (Å²) in [7, 11) is 0. The third-order valence-electron chi connectivity index (χ3n) is 3.20. The second-order valence-electron chi connectivity index (χ2n) is 4.90. The van der Waals surface area contributed by atoms with Crippen molar-refractivity contribution in [1.82, 2.24) is 0 Å². The Labute approximate surface area is 131 Å². The summed E-state index contributed by atoms with van der Waals surface area (Å²) in [6.07, 6.45) is -3.59. The normalized spacial score (nSPS) is 14.3.